The molecule has 0 aliphatic rings. The molecule has 5 rings (SSSR count). The van der Waals surface area contributed by atoms with Gasteiger partial charge in [-0.3, -0.25) is 5.32 Å². The minimum absolute atomic E-state index is 0.422. The summed E-state index contributed by atoms with van der Waals surface area (Å²) in [5, 5.41) is 13.0. The van der Waals surface area contributed by atoms with E-state index < -0.39 is 23.8 Å². The van der Waals surface area contributed by atoms with Crippen LogP contribution in [-0.4, -0.2) is 22.8 Å². The molecule has 0 bridgehead atoms. The third kappa shape index (κ3) is 5.68. The van der Waals surface area contributed by atoms with Gasteiger partial charge in [0, 0.05) is 10.9 Å². The third-order valence-corrected chi connectivity index (χ3v) is 6.60. The average Bonchev–Trinajstić information content (AvgIpc) is 3.32. The lowest BCUT2D eigenvalue weighted by Crippen LogP contribution is -2.37. The first-order chi connectivity index (χ1) is 19.2. The van der Waals surface area contributed by atoms with Crippen molar-refractivity contribution >= 4 is 28.7 Å². The molecule has 5 aromatic rings. The van der Waals surface area contributed by atoms with Gasteiger partial charge in [0.2, 0.25) is 0 Å². The molecular formula is C33H29NO6. The fraction of sp³-hybridized carbons (Fsp3) is 0.152. The van der Waals surface area contributed by atoms with E-state index in [0.717, 1.165) is 27.6 Å². The predicted octanol–water partition coefficient (Wildman–Crippen LogP) is 8.32. The number of furan rings is 1. The number of rotatable bonds is 8. The van der Waals surface area contributed by atoms with Crippen molar-refractivity contribution in [3.8, 4) is 28.2 Å². The molecule has 40 heavy (non-hydrogen) atoms. The Morgan fingerprint density at radius 1 is 0.800 bits per heavy atom. The van der Waals surface area contributed by atoms with Crippen LogP contribution in [0.2, 0.25) is 0 Å². The van der Waals surface area contributed by atoms with Crippen molar-refractivity contribution in [2.45, 2.75) is 32.5 Å². The van der Waals surface area contributed by atoms with Gasteiger partial charge in [-0.05, 0) is 61.7 Å². The first-order valence-electron chi connectivity index (χ1n) is 12.9. The summed E-state index contributed by atoms with van der Waals surface area (Å²) in [5.41, 5.74) is 3.44. The zero-order chi connectivity index (χ0) is 28.3. The van der Waals surface area contributed by atoms with Crippen LogP contribution in [0.3, 0.4) is 0 Å². The van der Waals surface area contributed by atoms with Crippen LogP contribution in [0.15, 0.2) is 108 Å². The van der Waals surface area contributed by atoms with Crippen molar-refractivity contribution in [1.82, 2.24) is 0 Å². The molecule has 0 aliphatic heterocycles. The summed E-state index contributed by atoms with van der Waals surface area (Å²) in [6.07, 6.45) is -0.997. The fourth-order valence-corrected chi connectivity index (χ4v) is 4.32. The van der Waals surface area contributed by atoms with E-state index >= 15 is 0 Å². The molecule has 0 fully saturated rings. The van der Waals surface area contributed by atoms with E-state index in [2.05, 4.69) is 5.32 Å². The van der Waals surface area contributed by atoms with Gasteiger partial charge in [0.05, 0.1) is 5.69 Å². The minimum Gasteiger partial charge on any atom is -0.478 e. The van der Waals surface area contributed by atoms with Crippen LogP contribution in [0.25, 0.3) is 33.4 Å². The number of nitrogens with one attached hydrogen (secondary N) is 1. The van der Waals surface area contributed by atoms with Gasteiger partial charge in [-0.25, -0.2) is 9.59 Å². The fourth-order valence-electron chi connectivity index (χ4n) is 4.32. The van der Waals surface area contributed by atoms with Crippen molar-refractivity contribution in [3.05, 3.63) is 109 Å². The van der Waals surface area contributed by atoms with Gasteiger partial charge in [-0.15, -0.1) is 0 Å². The number of carboxylic acid groups (broad SMARTS) is 1. The highest BCUT2D eigenvalue weighted by molar-refractivity contribution is 6.05. The van der Waals surface area contributed by atoms with E-state index in [0.29, 0.717) is 22.8 Å². The Labute approximate surface area is 232 Å². The molecule has 1 atom stereocenters. The van der Waals surface area contributed by atoms with E-state index in [4.69, 9.17) is 13.9 Å². The number of para-hydroxylation sites is 1. The quantitative estimate of drug-likeness (QED) is 0.207. The molecular weight excluding hydrogens is 506 g/mol. The lowest BCUT2D eigenvalue weighted by atomic mass is 10.0. The monoisotopic (exact) mass is 535 g/mol. The van der Waals surface area contributed by atoms with E-state index in [9.17, 15) is 14.7 Å². The zero-order valence-corrected chi connectivity index (χ0v) is 22.4. The molecule has 1 aromatic heterocycles. The molecule has 1 unspecified atom stereocenters. The Hall–Kier alpha value is -5.04. The number of hydrogen-bond acceptors (Lipinski definition) is 5. The first-order valence-corrected chi connectivity index (χ1v) is 12.9. The lowest BCUT2D eigenvalue weighted by molar-refractivity contribution is -0.152. The summed E-state index contributed by atoms with van der Waals surface area (Å²) in [6, 6.07) is 32.1. The topological polar surface area (TPSA) is 98.0 Å². The van der Waals surface area contributed by atoms with Crippen LogP contribution >= 0.6 is 0 Å². The highest BCUT2D eigenvalue weighted by Gasteiger charge is 2.29. The Balaban J connectivity index is 1.37. The number of amides is 1. The number of aliphatic carboxylic acids is 1. The van der Waals surface area contributed by atoms with Crippen molar-refractivity contribution in [2.75, 3.05) is 5.32 Å². The van der Waals surface area contributed by atoms with Gasteiger partial charge >= 0.3 is 12.1 Å². The summed E-state index contributed by atoms with van der Waals surface area (Å²) in [7, 11) is 0. The molecule has 7 heteroatoms. The van der Waals surface area contributed by atoms with Crippen LogP contribution in [-0.2, 0) is 9.53 Å². The van der Waals surface area contributed by atoms with Gasteiger partial charge in [-0.1, -0.05) is 78.9 Å². The molecule has 0 saturated carbocycles. The molecule has 202 valence electrons. The number of carboxylic acids is 1. The standard InChI is InChI=1S/C33H29NO6/c1-21(22-9-5-4-6-10-22)38-32(37)34-29-27-11-7-8-12-28(27)39-30(29)25-15-13-23(14-16-25)24-17-19-26(20-18-24)40-33(2,3)31(35)36/h4-21H,1-3H3,(H,34,37)(H,35,36). The molecule has 1 amide bonds. The smallest absolute Gasteiger partial charge is 0.412 e. The molecule has 0 aliphatic carbocycles. The van der Waals surface area contributed by atoms with Crippen LogP contribution in [0.4, 0.5) is 10.5 Å². The maximum atomic E-state index is 12.9. The van der Waals surface area contributed by atoms with E-state index in [1.165, 1.54) is 13.8 Å². The molecule has 0 spiro atoms. The van der Waals surface area contributed by atoms with Crippen LogP contribution in [0.1, 0.15) is 32.4 Å². The second-order valence-electron chi connectivity index (χ2n) is 9.90. The molecule has 2 N–H and O–H groups in total. The molecule has 4 aromatic carbocycles. The highest BCUT2D eigenvalue weighted by atomic mass is 16.6. The normalized spacial score (nSPS) is 12.1. The van der Waals surface area contributed by atoms with Gasteiger partial charge in [0.1, 0.15) is 17.4 Å². The Bertz CT molecular complexity index is 1640. The van der Waals surface area contributed by atoms with E-state index in [1.807, 2.05) is 97.9 Å². The van der Waals surface area contributed by atoms with Crippen molar-refractivity contribution in [1.29, 1.82) is 0 Å². The second-order valence-corrected chi connectivity index (χ2v) is 9.90. The summed E-state index contributed by atoms with van der Waals surface area (Å²) in [6.45, 7) is 4.84. The highest BCUT2D eigenvalue weighted by Crippen LogP contribution is 2.39. The van der Waals surface area contributed by atoms with Crippen LogP contribution in [0.5, 0.6) is 5.75 Å². The lowest BCUT2D eigenvalue weighted by Gasteiger charge is -2.21. The molecule has 0 radical (unpaired) electrons. The second kappa shape index (κ2) is 11.0. The third-order valence-electron chi connectivity index (χ3n) is 6.60. The summed E-state index contributed by atoms with van der Waals surface area (Å²) < 4.78 is 17.4. The number of anilines is 1. The Kier molecular flexibility index (Phi) is 7.29. The number of ether oxygens (including phenoxy) is 2. The first kappa shape index (κ1) is 26.6. The summed E-state index contributed by atoms with van der Waals surface area (Å²) >= 11 is 0. The minimum atomic E-state index is -1.33. The zero-order valence-electron chi connectivity index (χ0n) is 22.4. The predicted molar refractivity (Wildman–Crippen MR) is 154 cm³/mol. The van der Waals surface area contributed by atoms with Crippen molar-refractivity contribution in [3.63, 3.8) is 0 Å². The van der Waals surface area contributed by atoms with E-state index in [-0.39, 0.29) is 0 Å². The molecule has 0 saturated heterocycles. The number of fused-ring (bicyclic) bond motifs is 1. The van der Waals surface area contributed by atoms with Crippen molar-refractivity contribution in [2.24, 2.45) is 0 Å². The Morgan fingerprint density at radius 3 is 2.02 bits per heavy atom. The number of hydrogen-bond donors (Lipinski definition) is 2. The largest absolute Gasteiger partial charge is 0.478 e. The van der Waals surface area contributed by atoms with Crippen molar-refractivity contribution < 1.29 is 28.6 Å². The number of benzene rings is 4. The van der Waals surface area contributed by atoms with Gasteiger partial charge in [-0.2, -0.15) is 0 Å². The number of carbonyl (C=O) groups is 2. The van der Waals surface area contributed by atoms with Crippen LogP contribution in [0, 0.1) is 0 Å². The molecule has 1 heterocycles. The maximum absolute atomic E-state index is 12.9. The number of carbonyl (C=O) groups excluding carboxylic acids is 1. The SMILES string of the molecule is CC(OC(=O)Nc1c(-c2ccc(-c3ccc(OC(C)(C)C(=O)O)cc3)cc2)oc2ccccc12)c1ccccc1. The summed E-state index contributed by atoms with van der Waals surface area (Å²) in [4.78, 5) is 24.2. The molecule has 7 nitrogen and oxygen atoms in total. The Morgan fingerprint density at radius 2 is 1.38 bits per heavy atom. The van der Waals surface area contributed by atoms with E-state index in [1.54, 1.807) is 12.1 Å². The van der Waals surface area contributed by atoms with Gasteiger partial charge < -0.3 is 19.0 Å². The van der Waals surface area contributed by atoms with Crippen LogP contribution < -0.4 is 10.1 Å². The van der Waals surface area contributed by atoms with Gasteiger partial charge in [0.15, 0.2) is 11.4 Å². The average molecular weight is 536 g/mol. The summed E-state index contributed by atoms with van der Waals surface area (Å²) in [5.74, 6) is -0.0403. The maximum Gasteiger partial charge on any atom is 0.412 e. The van der Waals surface area contributed by atoms with Gasteiger partial charge in [0.25, 0.3) is 0 Å².